The lowest BCUT2D eigenvalue weighted by atomic mass is 9.87. The van der Waals surface area contributed by atoms with E-state index in [4.69, 9.17) is 4.74 Å². The van der Waals surface area contributed by atoms with Crippen LogP contribution in [0.15, 0.2) is 24.3 Å². The van der Waals surface area contributed by atoms with Gasteiger partial charge in [0, 0.05) is 12.6 Å². The van der Waals surface area contributed by atoms with Crippen LogP contribution < -0.4 is 4.74 Å². The Hall–Kier alpha value is -1.02. The standard InChI is InChI=1S/C19H31NO/c1-6-16-11-12-20(13-16)15(2)14-21-18-9-7-17(8-10-18)19(3,4)5/h7-10,15-16H,6,11-14H2,1-5H3/t15?,16-/m0/s1. The minimum absolute atomic E-state index is 0.205. The summed E-state index contributed by atoms with van der Waals surface area (Å²) in [5.74, 6) is 1.87. The molecule has 118 valence electrons. The summed E-state index contributed by atoms with van der Waals surface area (Å²) in [4.78, 5) is 2.57. The molecule has 2 heteroatoms. The Morgan fingerprint density at radius 2 is 1.90 bits per heavy atom. The van der Waals surface area contributed by atoms with Gasteiger partial charge in [-0.05, 0) is 48.9 Å². The molecule has 1 unspecified atom stereocenters. The van der Waals surface area contributed by atoms with E-state index < -0.39 is 0 Å². The van der Waals surface area contributed by atoms with E-state index in [9.17, 15) is 0 Å². The van der Waals surface area contributed by atoms with E-state index in [1.807, 2.05) is 0 Å². The molecule has 21 heavy (non-hydrogen) atoms. The van der Waals surface area contributed by atoms with Crippen molar-refractivity contribution in [2.75, 3.05) is 19.7 Å². The summed E-state index contributed by atoms with van der Waals surface area (Å²) in [5.41, 5.74) is 1.56. The van der Waals surface area contributed by atoms with Gasteiger partial charge >= 0.3 is 0 Å². The van der Waals surface area contributed by atoms with Gasteiger partial charge in [0.05, 0.1) is 0 Å². The predicted octanol–water partition coefficient (Wildman–Crippen LogP) is 4.48. The zero-order valence-corrected chi connectivity index (χ0v) is 14.4. The second kappa shape index (κ2) is 6.83. The smallest absolute Gasteiger partial charge is 0.119 e. The third-order valence-electron chi connectivity index (χ3n) is 4.73. The van der Waals surface area contributed by atoms with E-state index in [1.54, 1.807) is 0 Å². The molecule has 2 atom stereocenters. The molecule has 2 rings (SSSR count). The van der Waals surface area contributed by atoms with Gasteiger partial charge in [0.25, 0.3) is 0 Å². The zero-order valence-electron chi connectivity index (χ0n) is 14.4. The van der Waals surface area contributed by atoms with Crippen molar-refractivity contribution >= 4 is 0 Å². The maximum absolute atomic E-state index is 5.98. The molecule has 2 nitrogen and oxygen atoms in total. The number of benzene rings is 1. The lowest BCUT2D eigenvalue weighted by Crippen LogP contribution is -2.35. The first-order valence-corrected chi connectivity index (χ1v) is 8.37. The highest BCUT2D eigenvalue weighted by Crippen LogP contribution is 2.25. The molecule has 1 aliphatic rings. The summed E-state index contributed by atoms with van der Waals surface area (Å²) < 4.78 is 5.98. The second-order valence-corrected chi connectivity index (χ2v) is 7.49. The third kappa shape index (κ3) is 4.47. The van der Waals surface area contributed by atoms with E-state index in [1.165, 1.54) is 31.5 Å². The Bertz CT molecular complexity index is 432. The van der Waals surface area contributed by atoms with Crippen LogP contribution in [0.25, 0.3) is 0 Å². The quantitative estimate of drug-likeness (QED) is 0.792. The van der Waals surface area contributed by atoms with Crippen molar-refractivity contribution in [3.8, 4) is 5.75 Å². The highest BCUT2D eigenvalue weighted by Gasteiger charge is 2.25. The van der Waals surface area contributed by atoms with Crippen molar-refractivity contribution in [1.82, 2.24) is 4.90 Å². The monoisotopic (exact) mass is 289 g/mol. The summed E-state index contributed by atoms with van der Waals surface area (Å²) >= 11 is 0. The first-order chi connectivity index (χ1) is 9.90. The van der Waals surface area contributed by atoms with Crippen LogP contribution >= 0.6 is 0 Å². The Labute approximate surface area is 130 Å². The van der Waals surface area contributed by atoms with Crippen LogP contribution in [0.1, 0.15) is 53.0 Å². The molecule has 0 saturated carbocycles. The highest BCUT2D eigenvalue weighted by atomic mass is 16.5. The first-order valence-electron chi connectivity index (χ1n) is 8.37. The summed E-state index contributed by atoms with van der Waals surface area (Å²) in [6, 6.07) is 9.08. The lowest BCUT2D eigenvalue weighted by molar-refractivity contribution is 0.168. The SMILES string of the molecule is CC[C@H]1CCN(C(C)COc2ccc(C(C)(C)C)cc2)C1. The fraction of sp³-hybridized carbons (Fsp3) is 0.684. The zero-order chi connectivity index (χ0) is 15.5. The summed E-state index contributed by atoms with van der Waals surface area (Å²) in [6.45, 7) is 14.5. The van der Waals surface area contributed by atoms with Crippen LogP contribution in [0.2, 0.25) is 0 Å². The van der Waals surface area contributed by atoms with E-state index in [0.29, 0.717) is 6.04 Å². The number of ether oxygens (including phenoxy) is 1. The maximum Gasteiger partial charge on any atom is 0.119 e. The van der Waals surface area contributed by atoms with Gasteiger partial charge in [-0.1, -0.05) is 46.2 Å². The average Bonchev–Trinajstić information content (AvgIpc) is 2.93. The molecule has 0 bridgehead atoms. The van der Waals surface area contributed by atoms with Gasteiger partial charge in [-0.2, -0.15) is 0 Å². The Kier molecular flexibility index (Phi) is 5.32. The summed E-state index contributed by atoms with van der Waals surface area (Å²) in [7, 11) is 0. The number of rotatable bonds is 5. The van der Waals surface area contributed by atoms with Gasteiger partial charge in [0.2, 0.25) is 0 Å². The van der Waals surface area contributed by atoms with Gasteiger partial charge in [-0.3, -0.25) is 4.90 Å². The molecule has 1 saturated heterocycles. The van der Waals surface area contributed by atoms with E-state index in [-0.39, 0.29) is 5.41 Å². The maximum atomic E-state index is 5.98. The second-order valence-electron chi connectivity index (χ2n) is 7.49. The van der Waals surface area contributed by atoms with Crippen LogP contribution in [-0.2, 0) is 5.41 Å². The van der Waals surface area contributed by atoms with Crippen molar-refractivity contribution in [3.05, 3.63) is 29.8 Å². The molecule has 1 fully saturated rings. The molecular formula is C19H31NO. The number of hydrogen-bond acceptors (Lipinski definition) is 2. The molecule has 0 N–H and O–H groups in total. The molecule has 0 spiro atoms. The molecule has 0 amide bonds. The van der Waals surface area contributed by atoms with E-state index in [0.717, 1.165) is 18.3 Å². The topological polar surface area (TPSA) is 12.5 Å². The largest absolute Gasteiger partial charge is 0.492 e. The first kappa shape index (κ1) is 16.4. The fourth-order valence-corrected chi connectivity index (χ4v) is 2.97. The van der Waals surface area contributed by atoms with Gasteiger partial charge in [-0.25, -0.2) is 0 Å². The minimum Gasteiger partial charge on any atom is -0.492 e. The van der Waals surface area contributed by atoms with E-state index in [2.05, 4.69) is 63.8 Å². The molecule has 1 aromatic rings. The van der Waals surface area contributed by atoms with Crippen LogP contribution in [-0.4, -0.2) is 30.6 Å². The number of likely N-dealkylation sites (tertiary alicyclic amines) is 1. The van der Waals surface area contributed by atoms with Gasteiger partial charge < -0.3 is 4.74 Å². The van der Waals surface area contributed by atoms with Crippen LogP contribution in [0, 0.1) is 5.92 Å². The molecule has 0 aromatic heterocycles. The van der Waals surface area contributed by atoms with Crippen molar-refractivity contribution < 1.29 is 4.74 Å². The molecule has 1 aromatic carbocycles. The van der Waals surface area contributed by atoms with Gasteiger partial charge in [0.1, 0.15) is 12.4 Å². The van der Waals surface area contributed by atoms with Crippen molar-refractivity contribution in [2.24, 2.45) is 5.92 Å². The lowest BCUT2D eigenvalue weighted by Gasteiger charge is -2.24. The normalized spacial score (nSPS) is 21.5. The average molecular weight is 289 g/mol. The molecule has 0 aliphatic carbocycles. The van der Waals surface area contributed by atoms with Gasteiger partial charge in [-0.15, -0.1) is 0 Å². The highest BCUT2D eigenvalue weighted by molar-refractivity contribution is 5.31. The molecule has 0 radical (unpaired) electrons. The number of nitrogens with zero attached hydrogens (tertiary/aromatic N) is 1. The van der Waals surface area contributed by atoms with Gasteiger partial charge in [0.15, 0.2) is 0 Å². The van der Waals surface area contributed by atoms with E-state index >= 15 is 0 Å². The van der Waals surface area contributed by atoms with Crippen LogP contribution in [0.5, 0.6) is 5.75 Å². The molecule has 1 heterocycles. The number of hydrogen-bond donors (Lipinski definition) is 0. The van der Waals surface area contributed by atoms with Crippen molar-refractivity contribution in [3.63, 3.8) is 0 Å². The van der Waals surface area contributed by atoms with Crippen LogP contribution in [0.4, 0.5) is 0 Å². The third-order valence-corrected chi connectivity index (χ3v) is 4.73. The Morgan fingerprint density at radius 3 is 2.43 bits per heavy atom. The summed E-state index contributed by atoms with van der Waals surface area (Å²) in [6.07, 6.45) is 2.65. The Balaban J connectivity index is 1.83. The molecule has 1 aliphatic heterocycles. The van der Waals surface area contributed by atoms with Crippen LogP contribution in [0.3, 0.4) is 0 Å². The summed E-state index contributed by atoms with van der Waals surface area (Å²) in [5, 5.41) is 0. The molecular weight excluding hydrogens is 258 g/mol. The predicted molar refractivity (Wildman–Crippen MR) is 90.1 cm³/mol. The van der Waals surface area contributed by atoms with Crippen molar-refractivity contribution in [2.45, 2.75) is 58.9 Å². The fourth-order valence-electron chi connectivity index (χ4n) is 2.97. The minimum atomic E-state index is 0.205. The van der Waals surface area contributed by atoms with Crippen molar-refractivity contribution in [1.29, 1.82) is 0 Å². The Morgan fingerprint density at radius 1 is 1.24 bits per heavy atom.